The van der Waals surface area contributed by atoms with Crippen molar-refractivity contribution >= 4 is 17.3 Å². The van der Waals surface area contributed by atoms with Crippen LogP contribution in [0.4, 0.5) is 11.4 Å². The summed E-state index contributed by atoms with van der Waals surface area (Å²) in [5, 5.41) is 14.4. The first-order valence-electron chi connectivity index (χ1n) is 7.92. The van der Waals surface area contributed by atoms with Gasteiger partial charge < -0.3 is 10.2 Å². The van der Waals surface area contributed by atoms with E-state index >= 15 is 0 Å². The van der Waals surface area contributed by atoms with Gasteiger partial charge >= 0.3 is 0 Å². The molecule has 118 valence electrons. The summed E-state index contributed by atoms with van der Waals surface area (Å²) < 4.78 is 0. The Bertz CT molecular complexity index is 598. The van der Waals surface area contributed by atoms with Gasteiger partial charge in [0.25, 0.3) is 11.6 Å². The average Bonchev–Trinajstić information content (AvgIpc) is 3.31. The first kappa shape index (κ1) is 14.8. The molecule has 1 amide bonds. The average molecular weight is 303 g/mol. The standard InChI is InChI=1S/C16H21N3O3/c1-11-4-2-3-9-18(11)16(20)12-5-8-14(17-13-6-7-13)15(10-12)19(21)22/h5,8,10-11,13,17H,2-4,6-7,9H2,1H3. The maximum Gasteiger partial charge on any atom is 0.293 e. The summed E-state index contributed by atoms with van der Waals surface area (Å²) >= 11 is 0. The van der Waals surface area contributed by atoms with E-state index in [2.05, 4.69) is 5.32 Å². The molecule has 1 aliphatic carbocycles. The molecule has 6 nitrogen and oxygen atoms in total. The molecule has 2 aliphatic rings. The van der Waals surface area contributed by atoms with Gasteiger partial charge in [0.05, 0.1) is 4.92 Å². The third-order valence-corrected chi connectivity index (χ3v) is 4.44. The van der Waals surface area contributed by atoms with E-state index in [9.17, 15) is 14.9 Å². The predicted molar refractivity (Wildman–Crippen MR) is 84.1 cm³/mol. The summed E-state index contributed by atoms with van der Waals surface area (Å²) in [6.45, 7) is 2.77. The van der Waals surface area contributed by atoms with Crippen LogP contribution in [0.25, 0.3) is 0 Å². The lowest BCUT2D eigenvalue weighted by Crippen LogP contribution is -2.42. The Balaban J connectivity index is 1.85. The molecular formula is C16H21N3O3. The molecule has 1 aromatic rings. The summed E-state index contributed by atoms with van der Waals surface area (Å²) in [7, 11) is 0. The Kier molecular flexibility index (Phi) is 4.00. The highest BCUT2D eigenvalue weighted by Crippen LogP contribution is 2.32. The highest BCUT2D eigenvalue weighted by atomic mass is 16.6. The number of nitrogens with zero attached hydrogens (tertiary/aromatic N) is 2. The van der Waals surface area contributed by atoms with E-state index in [0.29, 0.717) is 17.3 Å². The Morgan fingerprint density at radius 1 is 1.32 bits per heavy atom. The molecule has 0 bridgehead atoms. The molecule has 1 aromatic carbocycles. The van der Waals surface area contributed by atoms with E-state index in [4.69, 9.17) is 0 Å². The Labute approximate surface area is 129 Å². The second-order valence-electron chi connectivity index (χ2n) is 6.25. The molecule has 3 rings (SSSR count). The zero-order valence-electron chi connectivity index (χ0n) is 12.7. The van der Waals surface area contributed by atoms with Gasteiger partial charge in [-0.3, -0.25) is 14.9 Å². The molecule has 0 aromatic heterocycles. The minimum atomic E-state index is -0.416. The molecule has 0 spiro atoms. The summed E-state index contributed by atoms with van der Waals surface area (Å²) in [6, 6.07) is 5.31. The largest absolute Gasteiger partial charge is 0.377 e. The number of nitro groups is 1. The molecule has 0 radical (unpaired) electrons. The van der Waals surface area contributed by atoms with Crippen LogP contribution in [-0.4, -0.2) is 34.4 Å². The zero-order chi connectivity index (χ0) is 15.7. The highest BCUT2D eigenvalue weighted by molar-refractivity contribution is 5.96. The van der Waals surface area contributed by atoms with Crippen molar-refractivity contribution in [1.29, 1.82) is 0 Å². The predicted octanol–water partition coefficient (Wildman–Crippen LogP) is 3.18. The number of likely N-dealkylation sites (tertiary alicyclic amines) is 1. The Morgan fingerprint density at radius 2 is 2.09 bits per heavy atom. The summed E-state index contributed by atoms with van der Waals surface area (Å²) in [6.07, 6.45) is 5.22. The van der Waals surface area contributed by atoms with Crippen LogP contribution in [0.2, 0.25) is 0 Å². The number of carbonyl (C=O) groups excluding carboxylic acids is 1. The van der Waals surface area contributed by atoms with Crippen molar-refractivity contribution in [2.24, 2.45) is 0 Å². The van der Waals surface area contributed by atoms with E-state index in [1.807, 2.05) is 11.8 Å². The topological polar surface area (TPSA) is 75.5 Å². The monoisotopic (exact) mass is 303 g/mol. The quantitative estimate of drug-likeness (QED) is 0.684. The number of anilines is 1. The van der Waals surface area contributed by atoms with E-state index in [-0.39, 0.29) is 17.6 Å². The van der Waals surface area contributed by atoms with Gasteiger partial charge in [-0.15, -0.1) is 0 Å². The molecular weight excluding hydrogens is 282 g/mol. The van der Waals surface area contributed by atoms with Gasteiger partial charge in [0, 0.05) is 30.3 Å². The molecule has 22 heavy (non-hydrogen) atoms. The lowest BCUT2D eigenvalue weighted by Gasteiger charge is -2.33. The van der Waals surface area contributed by atoms with Crippen molar-refractivity contribution in [1.82, 2.24) is 4.90 Å². The fourth-order valence-corrected chi connectivity index (χ4v) is 2.95. The number of hydrogen-bond donors (Lipinski definition) is 1. The van der Waals surface area contributed by atoms with Crippen LogP contribution in [-0.2, 0) is 0 Å². The van der Waals surface area contributed by atoms with Crippen molar-refractivity contribution in [2.75, 3.05) is 11.9 Å². The van der Waals surface area contributed by atoms with Gasteiger partial charge in [0.1, 0.15) is 5.69 Å². The van der Waals surface area contributed by atoms with Crippen molar-refractivity contribution in [2.45, 2.75) is 51.1 Å². The van der Waals surface area contributed by atoms with E-state index < -0.39 is 4.92 Å². The summed E-state index contributed by atoms with van der Waals surface area (Å²) in [4.78, 5) is 25.3. The van der Waals surface area contributed by atoms with Gasteiger partial charge in [-0.25, -0.2) is 0 Å². The number of piperidine rings is 1. The number of nitro benzene ring substituents is 1. The molecule has 1 heterocycles. The second kappa shape index (κ2) is 5.94. The van der Waals surface area contributed by atoms with Crippen LogP contribution in [0, 0.1) is 10.1 Å². The highest BCUT2D eigenvalue weighted by Gasteiger charge is 2.28. The second-order valence-corrected chi connectivity index (χ2v) is 6.25. The minimum absolute atomic E-state index is 0.0117. The normalized spacial score (nSPS) is 21.5. The van der Waals surface area contributed by atoms with Crippen LogP contribution >= 0.6 is 0 Å². The van der Waals surface area contributed by atoms with Crippen LogP contribution in [0.3, 0.4) is 0 Å². The molecule has 6 heteroatoms. The van der Waals surface area contributed by atoms with Gasteiger partial charge in [-0.05, 0) is 51.2 Å². The summed E-state index contributed by atoms with van der Waals surface area (Å²) in [5.41, 5.74) is 0.903. The fraction of sp³-hybridized carbons (Fsp3) is 0.562. The SMILES string of the molecule is CC1CCCCN1C(=O)c1ccc(NC2CC2)c([N+](=O)[O-])c1. The zero-order valence-corrected chi connectivity index (χ0v) is 12.7. The molecule has 1 N–H and O–H groups in total. The van der Waals surface area contributed by atoms with Gasteiger partial charge in [-0.1, -0.05) is 0 Å². The van der Waals surface area contributed by atoms with Crippen molar-refractivity contribution in [3.63, 3.8) is 0 Å². The molecule has 2 fully saturated rings. The number of nitrogens with one attached hydrogen (secondary N) is 1. The third-order valence-electron chi connectivity index (χ3n) is 4.44. The van der Waals surface area contributed by atoms with Crippen LogP contribution in [0.1, 0.15) is 49.4 Å². The number of rotatable bonds is 4. The third kappa shape index (κ3) is 3.05. The van der Waals surface area contributed by atoms with Crippen molar-refractivity contribution in [3.05, 3.63) is 33.9 Å². The van der Waals surface area contributed by atoms with Crippen molar-refractivity contribution in [3.8, 4) is 0 Å². The van der Waals surface area contributed by atoms with Crippen LogP contribution in [0.15, 0.2) is 18.2 Å². The minimum Gasteiger partial charge on any atom is -0.377 e. The maximum absolute atomic E-state index is 12.6. The molecule has 1 saturated heterocycles. The molecule has 1 aliphatic heterocycles. The van der Waals surface area contributed by atoms with Gasteiger partial charge in [-0.2, -0.15) is 0 Å². The molecule has 1 saturated carbocycles. The van der Waals surface area contributed by atoms with Crippen LogP contribution < -0.4 is 5.32 Å². The molecule has 1 unspecified atom stereocenters. The maximum atomic E-state index is 12.6. The number of benzene rings is 1. The Hall–Kier alpha value is -2.11. The van der Waals surface area contributed by atoms with Crippen LogP contribution in [0.5, 0.6) is 0 Å². The van der Waals surface area contributed by atoms with Crippen molar-refractivity contribution < 1.29 is 9.72 Å². The van der Waals surface area contributed by atoms with E-state index in [1.54, 1.807) is 12.1 Å². The first-order valence-corrected chi connectivity index (χ1v) is 7.92. The lowest BCUT2D eigenvalue weighted by molar-refractivity contribution is -0.384. The fourth-order valence-electron chi connectivity index (χ4n) is 2.95. The van der Waals surface area contributed by atoms with Gasteiger partial charge in [0.2, 0.25) is 0 Å². The number of amides is 1. The first-order chi connectivity index (χ1) is 10.6. The number of hydrogen-bond acceptors (Lipinski definition) is 4. The van der Waals surface area contributed by atoms with Gasteiger partial charge in [0.15, 0.2) is 0 Å². The summed E-state index contributed by atoms with van der Waals surface area (Å²) in [5.74, 6) is -0.103. The van der Waals surface area contributed by atoms with E-state index in [1.165, 1.54) is 6.07 Å². The molecule has 1 atom stereocenters. The number of carbonyl (C=O) groups is 1. The lowest BCUT2D eigenvalue weighted by atomic mass is 10.0. The van der Waals surface area contributed by atoms with E-state index in [0.717, 1.165) is 38.6 Å². The smallest absolute Gasteiger partial charge is 0.293 e. The Morgan fingerprint density at radius 3 is 2.73 bits per heavy atom.